The van der Waals surface area contributed by atoms with E-state index in [0.717, 1.165) is 30.7 Å². The summed E-state index contributed by atoms with van der Waals surface area (Å²) in [5.74, 6) is 0.373. The van der Waals surface area contributed by atoms with Gasteiger partial charge in [0.2, 0.25) is 10.0 Å². The van der Waals surface area contributed by atoms with Crippen LogP contribution in [0.2, 0.25) is 0 Å². The fraction of sp³-hybridized carbons (Fsp3) is 0.714. The van der Waals surface area contributed by atoms with Gasteiger partial charge in [-0.1, -0.05) is 0 Å². The number of carbonyl (C=O) groups is 1. The van der Waals surface area contributed by atoms with Crippen molar-refractivity contribution in [3.63, 3.8) is 0 Å². The van der Waals surface area contributed by atoms with Crippen molar-refractivity contribution in [2.45, 2.75) is 25.3 Å². The lowest BCUT2D eigenvalue weighted by atomic mass is 10.2. The van der Waals surface area contributed by atoms with Crippen LogP contribution in [0.3, 0.4) is 0 Å². The Labute approximate surface area is 140 Å². The predicted octanol–water partition coefficient (Wildman–Crippen LogP) is 0.631. The fourth-order valence-electron chi connectivity index (χ4n) is 3.09. The summed E-state index contributed by atoms with van der Waals surface area (Å²) in [6.07, 6.45) is 3.69. The van der Waals surface area contributed by atoms with E-state index in [1.54, 1.807) is 0 Å². The zero-order valence-corrected chi connectivity index (χ0v) is 15.3. The summed E-state index contributed by atoms with van der Waals surface area (Å²) in [5, 5.41) is 0.407. The van der Waals surface area contributed by atoms with Crippen LogP contribution in [-0.4, -0.2) is 75.1 Å². The molecule has 0 radical (unpaired) electrons. The number of aryl methyl sites for hydroxylation is 1. The van der Waals surface area contributed by atoms with Crippen molar-refractivity contribution in [2.75, 3.05) is 44.3 Å². The van der Waals surface area contributed by atoms with Gasteiger partial charge < -0.3 is 9.80 Å². The second-order valence-electron chi connectivity index (χ2n) is 6.36. The molecule has 1 atom stereocenters. The van der Waals surface area contributed by atoms with Crippen LogP contribution >= 0.6 is 11.3 Å². The lowest BCUT2D eigenvalue weighted by molar-refractivity contribution is 0.0782. The van der Waals surface area contributed by atoms with Crippen molar-refractivity contribution >= 4 is 33.1 Å². The smallest absolute Gasteiger partial charge is 0.282 e. The summed E-state index contributed by atoms with van der Waals surface area (Å²) in [4.78, 5) is 21.9. The Morgan fingerprint density at radius 3 is 2.70 bits per heavy atom. The maximum absolute atomic E-state index is 12.7. The zero-order chi connectivity index (χ0) is 16.8. The minimum atomic E-state index is -3.34. The number of hydrogen-bond acceptors (Lipinski definition) is 6. The molecule has 0 aliphatic carbocycles. The van der Waals surface area contributed by atoms with Gasteiger partial charge in [-0.05, 0) is 33.4 Å². The zero-order valence-electron chi connectivity index (χ0n) is 13.7. The molecule has 0 bridgehead atoms. The van der Waals surface area contributed by atoms with Gasteiger partial charge in [-0.15, -0.1) is 11.3 Å². The summed E-state index contributed by atoms with van der Waals surface area (Å²) >= 11 is 1.34. The molecule has 2 aliphatic heterocycles. The molecular weight excluding hydrogens is 336 g/mol. The highest BCUT2D eigenvalue weighted by Crippen LogP contribution is 2.34. The number of sulfonamides is 1. The average Bonchev–Trinajstić information content (AvgIpc) is 3.11. The van der Waals surface area contributed by atoms with Crippen LogP contribution in [0.5, 0.6) is 0 Å². The van der Waals surface area contributed by atoms with E-state index < -0.39 is 10.0 Å². The molecule has 1 aromatic rings. The molecule has 3 heterocycles. The highest BCUT2D eigenvalue weighted by atomic mass is 32.2. The summed E-state index contributed by atoms with van der Waals surface area (Å²) < 4.78 is 25.1. The summed E-state index contributed by atoms with van der Waals surface area (Å²) in [6.45, 7) is 1.86. The minimum Gasteiger partial charge on any atom is -0.335 e. The summed E-state index contributed by atoms with van der Waals surface area (Å²) in [6, 6.07) is 0.376. The average molecular weight is 358 g/mol. The van der Waals surface area contributed by atoms with Crippen molar-refractivity contribution in [2.24, 2.45) is 0 Å². The number of fused-ring (bicyclic) bond motifs is 1. The van der Waals surface area contributed by atoms with Crippen LogP contribution in [0.15, 0.2) is 0 Å². The van der Waals surface area contributed by atoms with Crippen LogP contribution in [0.4, 0.5) is 5.82 Å². The van der Waals surface area contributed by atoms with Crippen molar-refractivity contribution in [1.82, 2.24) is 14.8 Å². The molecule has 0 aromatic carbocycles. The fourth-order valence-corrected chi connectivity index (χ4v) is 5.15. The third-order valence-corrected chi connectivity index (χ3v) is 6.69. The Kier molecular flexibility index (Phi) is 4.37. The molecule has 23 heavy (non-hydrogen) atoms. The third kappa shape index (κ3) is 3.22. The van der Waals surface area contributed by atoms with E-state index in [4.69, 9.17) is 0 Å². The molecule has 1 unspecified atom stereocenters. The quantitative estimate of drug-likeness (QED) is 0.792. The standard InChI is InChI=1S/C14H22N4O3S2/c1-16(2)10-6-8-17(9-10)14(19)13-15-12-11(22-13)5-4-7-18(12)23(3,20)21/h10H,4-9H2,1-3H3. The number of likely N-dealkylation sites (N-methyl/N-ethyl adjacent to an activating group) is 1. The monoisotopic (exact) mass is 358 g/mol. The molecular formula is C14H22N4O3S2. The van der Waals surface area contributed by atoms with Crippen LogP contribution in [0.1, 0.15) is 27.5 Å². The lowest BCUT2D eigenvalue weighted by Gasteiger charge is -2.24. The molecule has 7 nitrogen and oxygen atoms in total. The normalized spacial score (nSPS) is 21.8. The number of aromatic nitrogens is 1. The number of carbonyl (C=O) groups excluding carboxylic acids is 1. The first-order chi connectivity index (χ1) is 10.8. The molecule has 0 saturated carbocycles. The molecule has 0 N–H and O–H groups in total. The van der Waals surface area contributed by atoms with Gasteiger partial charge in [0.1, 0.15) is 0 Å². The van der Waals surface area contributed by atoms with E-state index in [1.165, 1.54) is 21.9 Å². The van der Waals surface area contributed by atoms with E-state index in [1.807, 2.05) is 19.0 Å². The van der Waals surface area contributed by atoms with Crippen molar-refractivity contribution in [3.05, 3.63) is 9.88 Å². The predicted molar refractivity (Wildman–Crippen MR) is 90.6 cm³/mol. The first-order valence-electron chi connectivity index (χ1n) is 7.70. The molecule has 1 aromatic heterocycles. The van der Waals surface area contributed by atoms with Crippen LogP contribution in [-0.2, 0) is 16.4 Å². The van der Waals surface area contributed by atoms with Gasteiger partial charge in [-0.3, -0.25) is 9.10 Å². The number of hydrogen-bond donors (Lipinski definition) is 0. The first-order valence-corrected chi connectivity index (χ1v) is 10.4. The van der Waals surface area contributed by atoms with E-state index in [2.05, 4.69) is 9.88 Å². The van der Waals surface area contributed by atoms with E-state index in [9.17, 15) is 13.2 Å². The second-order valence-corrected chi connectivity index (χ2v) is 9.35. The number of rotatable bonds is 3. The number of anilines is 1. The third-order valence-electron chi connectivity index (χ3n) is 4.44. The Bertz CT molecular complexity index is 714. The van der Waals surface area contributed by atoms with Gasteiger partial charge in [0.05, 0.1) is 11.1 Å². The first kappa shape index (κ1) is 16.7. The van der Waals surface area contributed by atoms with Crippen LogP contribution < -0.4 is 4.31 Å². The lowest BCUT2D eigenvalue weighted by Crippen LogP contribution is -2.35. The molecule has 128 valence electrons. The van der Waals surface area contributed by atoms with E-state index in [0.29, 0.717) is 30.0 Å². The van der Waals surface area contributed by atoms with Crippen molar-refractivity contribution in [1.29, 1.82) is 0 Å². The van der Waals surface area contributed by atoms with Gasteiger partial charge in [0, 0.05) is 25.7 Å². The number of amides is 1. The summed E-state index contributed by atoms with van der Waals surface area (Å²) in [7, 11) is 0.692. The molecule has 1 amide bonds. The Hall–Kier alpha value is -1.19. The highest BCUT2D eigenvalue weighted by Gasteiger charge is 2.33. The van der Waals surface area contributed by atoms with Crippen molar-refractivity contribution in [3.8, 4) is 0 Å². The molecule has 1 saturated heterocycles. The van der Waals surface area contributed by atoms with Gasteiger partial charge >= 0.3 is 0 Å². The number of nitrogens with zero attached hydrogens (tertiary/aromatic N) is 4. The van der Waals surface area contributed by atoms with E-state index >= 15 is 0 Å². The topological polar surface area (TPSA) is 73.8 Å². The van der Waals surface area contributed by atoms with E-state index in [-0.39, 0.29) is 5.91 Å². The largest absolute Gasteiger partial charge is 0.335 e. The molecule has 9 heteroatoms. The number of thiazole rings is 1. The Morgan fingerprint density at radius 2 is 2.09 bits per heavy atom. The molecule has 3 rings (SSSR count). The summed E-state index contributed by atoms with van der Waals surface area (Å²) in [5.41, 5.74) is 0. The van der Waals surface area contributed by atoms with Crippen LogP contribution in [0, 0.1) is 0 Å². The van der Waals surface area contributed by atoms with Gasteiger partial charge in [-0.2, -0.15) is 0 Å². The Morgan fingerprint density at radius 1 is 1.35 bits per heavy atom. The van der Waals surface area contributed by atoms with Gasteiger partial charge in [0.25, 0.3) is 5.91 Å². The molecule has 2 aliphatic rings. The Balaban J connectivity index is 1.83. The van der Waals surface area contributed by atoms with Gasteiger partial charge in [0.15, 0.2) is 10.8 Å². The highest BCUT2D eigenvalue weighted by molar-refractivity contribution is 7.92. The van der Waals surface area contributed by atoms with Crippen LogP contribution in [0.25, 0.3) is 0 Å². The molecule has 1 fully saturated rings. The maximum Gasteiger partial charge on any atom is 0.282 e. The van der Waals surface area contributed by atoms with Crippen molar-refractivity contribution < 1.29 is 13.2 Å². The second kappa shape index (κ2) is 6.03. The molecule has 0 spiro atoms. The maximum atomic E-state index is 12.7. The number of likely N-dealkylation sites (tertiary alicyclic amines) is 1. The minimum absolute atomic E-state index is 0.0813. The SMILES string of the molecule is CN(C)C1CCN(C(=O)c2nc3c(s2)CCCN3S(C)(=O)=O)C1. The van der Waals surface area contributed by atoms with Gasteiger partial charge in [-0.25, -0.2) is 13.4 Å².